The average molecular weight is 393 g/mol. The number of ether oxygens (including phenoxy) is 1. The first kappa shape index (κ1) is 19.4. The first-order chi connectivity index (χ1) is 14.0. The molecule has 1 amide bonds. The molecule has 6 nitrogen and oxygen atoms in total. The fourth-order valence-corrected chi connectivity index (χ4v) is 3.68. The van der Waals surface area contributed by atoms with Crippen LogP contribution in [0.3, 0.4) is 0 Å². The molecule has 29 heavy (non-hydrogen) atoms. The van der Waals surface area contributed by atoms with Crippen LogP contribution in [0, 0.1) is 0 Å². The van der Waals surface area contributed by atoms with E-state index < -0.39 is 0 Å². The highest BCUT2D eigenvalue weighted by atomic mass is 16.5. The summed E-state index contributed by atoms with van der Waals surface area (Å²) in [5.74, 6) is 1.19. The van der Waals surface area contributed by atoms with E-state index in [1.807, 2.05) is 35.0 Å². The molecule has 0 radical (unpaired) electrons. The van der Waals surface area contributed by atoms with E-state index in [0.717, 1.165) is 47.3 Å². The largest absolute Gasteiger partial charge is 0.497 e. The van der Waals surface area contributed by atoms with Crippen LogP contribution >= 0.6 is 0 Å². The van der Waals surface area contributed by atoms with Crippen molar-refractivity contribution < 1.29 is 9.53 Å². The third-order valence-electron chi connectivity index (χ3n) is 5.55. The number of nitrogens with one attached hydrogen (secondary N) is 1. The Bertz CT molecular complexity index is 1020. The van der Waals surface area contributed by atoms with Gasteiger partial charge in [-0.2, -0.15) is 5.10 Å². The van der Waals surface area contributed by atoms with E-state index in [1.165, 1.54) is 0 Å². The number of rotatable bonds is 7. The van der Waals surface area contributed by atoms with Gasteiger partial charge in [-0.05, 0) is 56.9 Å². The van der Waals surface area contributed by atoms with Gasteiger partial charge in [0.15, 0.2) is 5.65 Å². The number of methoxy groups -OCH3 is 1. The van der Waals surface area contributed by atoms with Crippen LogP contribution in [-0.2, 0) is 0 Å². The number of carbonyl (C=O) groups is 1. The highest BCUT2D eigenvalue weighted by molar-refractivity contribution is 6.05. The van der Waals surface area contributed by atoms with Gasteiger partial charge in [0.25, 0.3) is 5.91 Å². The Hall–Kier alpha value is -2.89. The van der Waals surface area contributed by atoms with Crippen molar-refractivity contribution in [3.8, 4) is 5.75 Å². The number of amides is 1. The lowest BCUT2D eigenvalue weighted by molar-refractivity contribution is 0.0937. The average Bonchev–Trinajstić information content (AvgIpc) is 3.49. The van der Waals surface area contributed by atoms with Crippen LogP contribution in [0.5, 0.6) is 5.75 Å². The van der Waals surface area contributed by atoms with E-state index in [4.69, 9.17) is 9.72 Å². The summed E-state index contributed by atoms with van der Waals surface area (Å²) in [6.45, 7) is 6.23. The van der Waals surface area contributed by atoms with Crippen LogP contribution < -0.4 is 10.1 Å². The molecule has 0 spiro atoms. The number of carbonyl (C=O) groups excluding carboxylic acids is 1. The molecule has 2 aromatic heterocycles. The van der Waals surface area contributed by atoms with E-state index >= 15 is 0 Å². The molecule has 1 N–H and O–H groups in total. The van der Waals surface area contributed by atoms with Gasteiger partial charge < -0.3 is 10.1 Å². The molecule has 1 fully saturated rings. The Morgan fingerprint density at radius 1 is 1.28 bits per heavy atom. The van der Waals surface area contributed by atoms with Gasteiger partial charge in [0.2, 0.25) is 0 Å². The van der Waals surface area contributed by atoms with Crippen molar-refractivity contribution in [1.29, 1.82) is 0 Å². The fourth-order valence-electron chi connectivity index (χ4n) is 3.68. The molecule has 0 bridgehead atoms. The van der Waals surface area contributed by atoms with Crippen LogP contribution in [0.2, 0.25) is 0 Å². The van der Waals surface area contributed by atoms with Crippen molar-refractivity contribution in [2.45, 2.75) is 58.0 Å². The lowest BCUT2D eigenvalue weighted by atomic mass is 10.0. The topological polar surface area (TPSA) is 69.0 Å². The van der Waals surface area contributed by atoms with Gasteiger partial charge >= 0.3 is 0 Å². The lowest BCUT2D eigenvalue weighted by Gasteiger charge is -2.18. The molecular weight excluding hydrogens is 364 g/mol. The van der Waals surface area contributed by atoms with Crippen LogP contribution in [-0.4, -0.2) is 27.8 Å². The van der Waals surface area contributed by atoms with Crippen molar-refractivity contribution in [1.82, 2.24) is 20.1 Å². The Morgan fingerprint density at radius 3 is 2.59 bits per heavy atom. The van der Waals surface area contributed by atoms with Crippen molar-refractivity contribution in [2.24, 2.45) is 0 Å². The molecule has 152 valence electrons. The van der Waals surface area contributed by atoms with Crippen LogP contribution in [0.4, 0.5) is 0 Å². The number of fused-ring (bicyclic) bond motifs is 1. The summed E-state index contributed by atoms with van der Waals surface area (Å²) in [6.07, 6.45) is 4.84. The second kappa shape index (κ2) is 7.85. The van der Waals surface area contributed by atoms with Crippen LogP contribution in [0.1, 0.15) is 79.7 Å². The van der Waals surface area contributed by atoms with Crippen molar-refractivity contribution in [3.63, 3.8) is 0 Å². The van der Waals surface area contributed by atoms with Crippen molar-refractivity contribution in [2.75, 3.05) is 7.11 Å². The molecule has 4 rings (SSSR count). The molecule has 1 aromatic carbocycles. The molecule has 0 saturated heterocycles. The van der Waals surface area contributed by atoms with Gasteiger partial charge in [0, 0.05) is 17.7 Å². The maximum absolute atomic E-state index is 13.3. The highest BCUT2D eigenvalue weighted by Crippen LogP contribution is 2.40. The van der Waals surface area contributed by atoms with Crippen LogP contribution in [0.15, 0.2) is 36.5 Å². The van der Waals surface area contributed by atoms with Crippen LogP contribution in [0.25, 0.3) is 11.0 Å². The van der Waals surface area contributed by atoms with Gasteiger partial charge in [-0.15, -0.1) is 0 Å². The van der Waals surface area contributed by atoms with Gasteiger partial charge in [-0.3, -0.25) is 4.79 Å². The molecular formula is C23H28N4O2. The van der Waals surface area contributed by atoms with Gasteiger partial charge in [-0.1, -0.05) is 19.1 Å². The van der Waals surface area contributed by atoms with E-state index in [2.05, 4.69) is 31.2 Å². The minimum absolute atomic E-state index is 0.0684. The number of aromatic nitrogens is 3. The molecule has 6 heteroatoms. The first-order valence-corrected chi connectivity index (χ1v) is 10.3. The highest BCUT2D eigenvalue weighted by Gasteiger charge is 2.28. The minimum Gasteiger partial charge on any atom is -0.497 e. The van der Waals surface area contributed by atoms with Gasteiger partial charge in [0.05, 0.1) is 30.3 Å². The minimum atomic E-state index is -0.0784. The van der Waals surface area contributed by atoms with E-state index in [0.29, 0.717) is 11.5 Å². The summed E-state index contributed by atoms with van der Waals surface area (Å²) < 4.78 is 7.14. The molecule has 1 aliphatic rings. The van der Waals surface area contributed by atoms with Gasteiger partial charge in [-0.25, -0.2) is 9.67 Å². The second-order valence-corrected chi connectivity index (χ2v) is 8.00. The lowest BCUT2D eigenvalue weighted by Crippen LogP contribution is -2.28. The monoisotopic (exact) mass is 392 g/mol. The molecule has 3 aromatic rings. The van der Waals surface area contributed by atoms with E-state index in [1.54, 1.807) is 13.3 Å². The summed E-state index contributed by atoms with van der Waals surface area (Å²) in [5.41, 5.74) is 3.53. The Kier molecular flexibility index (Phi) is 5.26. The smallest absolute Gasteiger partial charge is 0.252 e. The molecule has 1 aliphatic carbocycles. The number of hydrogen-bond acceptors (Lipinski definition) is 4. The maximum Gasteiger partial charge on any atom is 0.252 e. The number of hydrogen-bond donors (Lipinski definition) is 1. The quantitative estimate of drug-likeness (QED) is 0.628. The summed E-state index contributed by atoms with van der Waals surface area (Å²) in [4.78, 5) is 18.1. The zero-order valence-corrected chi connectivity index (χ0v) is 17.5. The standard InChI is InChI=1S/C23H28N4O2/c1-5-20(15-8-10-17(29-4)11-9-15)26-23(28)18-12-21(16-6-7-16)25-22-19(18)13-24-27(22)14(2)3/h8-14,16,20H,5-7H2,1-4H3,(H,26,28). The summed E-state index contributed by atoms with van der Waals surface area (Å²) in [5, 5.41) is 8.52. The number of pyridine rings is 1. The zero-order valence-electron chi connectivity index (χ0n) is 17.5. The number of benzene rings is 1. The summed E-state index contributed by atoms with van der Waals surface area (Å²) >= 11 is 0. The molecule has 1 unspecified atom stereocenters. The second-order valence-electron chi connectivity index (χ2n) is 8.00. The molecule has 2 heterocycles. The SMILES string of the molecule is CCC(NC(=O)c1cc(C2CC2)nc2c1cnn2C(C)C)c1ccc(OC)cc1. The zero-order chi connectivity index (χ0) is 20.5. The Labute approximate surface area is 171 Å². The summed E-state index contributed by atoms with van der Waals surface area (Å²) in [6, 6.07) is 9.93. The fraction of sp³-hybridized carbons (Fsp3) is 0.435. The normalized spacial score (nSPS) is 14.9. The maximum atomic E-state index is 13.3. The van der Waals surface area contributed by atoms with E-state index in [9.17, 15) is 4.79 Å². The predicted octanol–water partition coefficient (Wildman–Crippen LogP) is 4.78. The van der Waals surface area contributed by atoms with Crippen molar-refractivity contribution >= 4 is 16.9 Å². The van der Waals surface area contributed by atoms with Gasteiger partial charge in [0.1, 0.15) is 5.75 Å². The molecule has 1 saturated carbocycles. The third-order valence-corrected chi connectivity index (χ3v) is 5.55. The van der Waals surface area contributed by atoms with E-state index in [-0.39, 0.29) is 18.0 Å². The number of nitrogens with zero attached hydrogens (tertiary/aromatic N) is 3. The van der Waals surface area contributed by atoms with Crippen molar-refractivity contribution in [3.05, 3.63) is 53.3 Å². The molecule has 1 atom stereocenters. The molecule has 0 aliphatic heterocycles. The first-order valence-electron chi connectivity index (χ1n) is 10.3. The Balaban J connectivity index is 1.68. The predicted molar refractivity (Wildman–Crippen MR) is 113 cm³/mol. The third kappa shape index (κ3) is 3.84. The summed E-state index contributed by atoms with van der Waals surface area (Å²) in [7, 11) is 1.65. The Morgan fingerprint density at radius 2 is 2.00 bits per heavy atom.